The maximum absolute atomic E-state index is 3.44. The molecular weight excluding hydrogens is 206 g/mol. The predicted molar refractivity (Wildman–Crippen MR) is 73.2 cm³/mol. The summed E-state index contributed by atoms with van der Waals surface area (Å²) in [4.78, 5) is 3.44. The van der Waals surface area contributed by atoms with E-state index < -0.39 is 0 Å². The first-order chi connectivity index (χ1) is 8.27. The third-order valence-electron chi connectivity index (χ3n) is 3.41. The van der Waals surface area contributed by atoms with Crippen LogP contribution < -0.4 is 0 Å². The highest BCUT2D eigenvalue weighted by Crippen LogP contribution is 2.32. The molecule has 84 valence electrons. The number of aromatic amines is 1. The lowest BCUT2D eigenvalue weighted by atomic mass is 9.99. The molecule has 2 aromatic carbocycles. The number of rotatable bonds is 1. The SMILES string of the molecule is Cc1[nH]c2cccc(-c3ccccc3)c2c1C. The molecule has 17 heavy (non-hydrogen) atoms. The quantitative estimate of drug-likeness (QED) is 0.624. The van der Waals surface area contributed by atoms with Crippen LogP contribution in [-0.2, 0) is 0 Å². The van der Waals surface area contributed by atoms with Gasteiger partial charge in [0.15, 0.2) is 0 Å². The first kappa shape index (κ1) is 10.2. The maximum atomic E-state index is 3.44. The van der Waals surface area contributed by atoms with E-state index in [4.69, 9.17) is 0 Å². The molecule has 1 N–H and O–H groups in total. The molecule has 3 aromatic rings. The Morgan fingerprint density at radius 2 is 1.59 bits per heavy atom. The summed E-state index contributed by atoms with van der Waals surface area (Å²) in [6.45, 7) is 4.31. The molecule has 1 heteroatoms. The zero-order chi connectivity index (χ0) is 11.8. The molecule has 1 aromatic heterocycles. The highest BCUT2D eigenvalue weighted by Gasteiger charge is 2.09. The van der Waals surface area contributed by atoms with Crippen LogP contribution in [0.15, 0.2) is 48.5 Å². The van der Waals surface area contributed by atoms with Crippen molar-refractivity contribution in [3.8, 4) is 11.1 Å². The number of hydrogen-bond donors (Lipinski definition) is 1. The Kier molecular flexibility index (Phi) is 2.25. The second-order valence-electron chi connectivity index (χ2n) is 4.47. The average molecular weight is 221 g/mol. The van der Waals surface area contributed by atoms with Gasteiger partial charge in [0.1, 0.15) is 0 Å². The van der Waals surface area contributed by atoms with Crippen LogP contribution in [0.5, 0.6) is 0 Å². The van der Waals surface area contributed by atoms with Gasteiger partial charge in [0.2, 0.25) is 0 Å². The van der Waals surface area contributed by atoms with Crippen molar-refractivity contribution in [2.45, 2.75) is 13.8 Å². The van der Waals surface area contributed by atoms with E-state index in [9.17, 15) is 0 Å². The third kappa shape index (κ3) is 1.55. The first-order valence-corrected chi connectivity index (χ1v) is 5.90. The zero-order valence-corrected chi connectivity index (χ0v) is 10.1. The van der Waals surface area contributed by atoms with Gasteiger partial charge in [0, 0.05) is 16.6 Å². The van der Waals surface area contributed by atoms with Gasteiger partial charge in [-0.15, -0.1) is 0 Å². The number of hydrogen-bond acceptors (Lipinski definition) is 0. The molecule has 3 rings (SSSR count). The summed E-state index contributed by atoms with van der Waals surface area (Å²) < 4.78 is 0. The lowest BCUT2D eigenvalue weighted by Crippen LogP contribution is -1.80. The largest absolute Gasteiger partial charge is 0.358 e. The van der Waals surface area contributed by atoms with Gasteiger partial charge in [-0.2, -0.15) is 0 Å². The average Bonchev–Trinajstić information content (AvgIpc) is 2.66. The first-order valence-electron chi connectivity index (χ1n) is 5.90. The van der Waals surface area contributed by atoms with Crippen molar-refractivity contribution in [3.05, 3.63) is 59.8 Å². The van der Waals surface area contributed by atoms with Gasteiger partial charge in [0.05, 0.1) is 0 Å². The van der Waals surface area contributed by atoms with Crippen molar-refractivity contribution in [1.82, 2.24) is 4.98 Å². The van der Waals surface area contributed by atoms with Crippen LogP contribution in [0.25, 0.3) is 22.0 Å². The molecule has 0 unspecified atom stereocenters. The summed E-state index contributed by atoms with van der Waals surface area (Å²) in [5.74, 6) is 0. The minimum Gasteiger partial charge on any atom is -0.358 e. The van der Waals surface area contributed by atoms with Gasteiger partial charge in [-0.1, -0.05) is 42.5 Å². The Hall–Kier alpha value is -2.02. The van der Waals surface area contributed by atoms with Crippen molar-refractivity contribution in [2.24, 2.45) is 0 Å². The summed E-state index contributed by atoms with van der Waals surface area (Å²) in [6, 6.07) is 17.0. The fourth-order valence-electron chi connectivity index (χ4n) is 2.40. The minimum atomic E-state index is 1.22. The van der Waals surface area contributed by atoms with Crippen molar-refractivity contribution in [2.75, 3.05) is 0 Å². The van der Waals surface area contributed by atoms with E-state index in [1.807, 2.05) is 0 Å². The van der Waals surface area contributed by atoms with E-state index in [1.165, 1.54) is 33.3 Å². The number of nitrogens with one attached hydrogen (secondary N) is 1. The fourth-order valence-corrected chi connectivity index (χ4v) is 2.40. The molecule has 0 aliphatic carbocycles. The van der Waals surface area contributed by atoms with Gasteiger partial charge in [0.25, 0.3) is 0 Å². The minimum absolute atomic E-state index is 1.22. The van der Waals surface area contributed by atoms with Gasteiger partial charge in [-0.05, 0) is 36.6 Å². The number of aryl methyl sites for hydroxylation is 2. The highest BCUT2D eigenvalue weighted by atomic mass is 14.7. The normalized spacial score (nSPS) is 10.9. The predicted octanol–water partition coefficient (Wildman–Crippen LogP) is 4.45. The molecule has 0 saturated carbocycles. The molecule has 0 fully saturated rings. The number of aromatic nitrogens is 1. The second-order valence-corrected chi connectivity index (χ2v) is 4.47. The smallest absolute Gasteiger partial charge is 0.0465 e. The van der Waals surface area contributed by atoms with E-state index in [0.29, 0.717) is 0 Å². The van der Waals surface area contributed by atoms with Gasteiger partial charge in [-0.3, -0.25) is 0 Å². The van der Waals surface area contributed by atoms with Crippen LogP contribution in [0.4, 0.5) is 0 Å². The molecule has 1 nitrogen and oxygen atoms in total. The molecular formula is C16H15N. The lowest BCUT2D eigenvalue weighted by molar-refractivity contribution is 1.25. The van der Waals surface area contributed by atoms with Crippen molar-refractivity contribution < 1.29 is 0 Å². The molecule has 0 aliphatic heterocycles. The van der Waals surface area contributed by atoms with E-state index in [2.05, 4.69) is 67.4 Å². The molecule has 0 bridgehead atoms. The molecule has 0 spiro atoms. The van der Waals surface area contributed by atoms with Crippen LogP contribution in [-0.4, -0.2) is 4.98 Å². The topological polar surface area (TPSA) is 15.8 Å². The Balaban J connectivity index is 2.37. The molecule has 1 heterocycles. The standard InChI is InChI=1S/C16H15N/c1-11-12(2)17-15-10-6-9-14(16(11)15)13-7-4-3-5-8-13/h3-10,17H,1-2H3. The van der Waals surface area contributed by atoms with Crippen LogP contribution in [0, 0.1) is 13.8 Å². The summed E-state index contributed by atoms with van der Waals surface area (Å²) in [6.07, 6.45) is 0. The lowest BCUT2D eigenvalue weighted by Gasteiger charge is -2.04. The Morgan fingerprint density at radius 1 is 0.824 bits per heavy atom. The Morgan fingerprint density at radius 3 is 2.35 bits per heavy atom. The molecule has 0 radical (unpaired) electrons. The molecule has 0 atom stereocenters. The van der Waals surface area contributed by atoms with E-state index >= 15 is 0 Å². The summed E-state index contributed by atoms with van der Waals surface area (Å²) in [5.41, 5.74) is 6.41. The maximum Gasteiger partial charge on any atom is 0.0465 e. The summed E-state index contributed by atoms with van der Waals surface area (Å²) in [5, 5.41) is 1.34. The summed E-state index contributed by atoms with van der Waals surface area (Å²) >= 11 is 0. The van der Waals surface area contributed by atoms with Crippen LogP contribution in [0.2, 0.25) is 0 Å². The number of benzene rings is 2. The van der Waals surface area contributed by atoms with E-state index in [-0.39, 0.29) is 0 Å². The molecule has 0 amide bonds. The van der Waals surface area contributed by atoms with Crippen LogP contribution in [0.3, 0.4) is 0 Å². The van der Waals surface area contributed by atoms with E-state index in [1.54, 1.807) is 0 Å². The fraction of sp³-hybridized carbons (Fsp3) is 0.125. The van der Waals surface area contributed by atoms with Crippen molar-refractivity contribution in [1.29, 1.82) is 0 Å². The van der Waals surface area contributed by atoms with Crippen LogP contribution in [0.1, 0.15) is 11.3 Å². The Bertz CT molecular complexity index is 663. The highest BCUT2D eigenvalue weighted by molar-refractivity contribution is 5.98. The monoisotopic (exact) mass is 221 g/mol. The summed E-state index contributed by atoms with van der Waals surface area (Å²) in [7, 11) is 0. The van der Waals surface area contributed by atoms with Crippen molar-refractivity contribution in [3.63, 3.8) is 0 Å². The second kappa shape index (κ2) is 3.77. The van der Waals surface area contributed by atoms with Crippen LogP contribution >= 0.6 is 0 Å². The van der Waals surface area contributed by atoms with Gasteiger partial charge >= 0.3 is 0 Å². The molecule has 0 aliphatic rings. The van der Waals surface area contributed by atoms with Crippen molar-refractivity contribution >= 4 is 10.9 Å². The molecule has 0 saturated heterocycles. The van der Waals surface area contributed by atoms with E-state index in [0.717, 1.165) is 0 Å². The zero-order valence-electron chi connectivity index (χ0n) is 10.1. The van der Waals surface area contributed by atoms with Gasteiger partial charge < -0.3 is 4.98 Å². The number of H-pyrrole nitrogens is 1. The van der Waals surface area contributed by atoms with Gasteiger partial charge in [-0.25, -0.2) is 0 Å². The third-order valence-corrected chi connectivity index (χ3v) is 3.41. The number of fused-ring (bicyclic) bond motifs is 1. The Labute approximate surface area is 101 Å².